The summed E-state index contributed by atoms with van der Waals surface area (Å²) < 4.78 is 5.77. The molecule has 92 valence electrons. The molecule has 0 aliphatic carbocycles. The first-order chi connectivity index (χ1) is 8.26. The molecule has 0 aromatic carbocycles. The van der Waals surface area contributed by atoms with Crippen molar-refractivity contribution in [2.24, 2.45) is 0 Å². The molecule has 0 aliphatic heterocycles. The van der Waals surface area contributed by atoms with Gasteiger partial charge < -0.3 is 9.73 Å². The van der Waals surface area contributed by atoms with Gasteiger partial charge in [0.25, 0.3) is 0 Å². The fourth-order valence-corrected chi connectivity index (χ4v) is 3.11. The maximum Gasteiger partial charge on any atom is 0.126 e. The van der Waals surface area contributed by atoms with Gasteiger partial charge in [-0.3, -0.25) is 0 Å². The largest absolute Gasteiger partial charge is 0.464 e. The fraction of sp³-hybridized carbons (Fsp3) is 0.429. The SMILES string of the molecule is CCNC(c1ccc(C)o1)c1sccc1CC. The third-order valence-corrected chi connectivity index (χ3v) is 3.90. The predicted molar refractivity (Wildman–Crippen MR) is 72.7 cm³/mol. The van der Waals surface area contributed by atoms with E-state index in [-0.39, 0.29) is 6.04 Å². The third kappa shape index (κ3) is 2.61. The molecule has 2 aromatic rings. The maximum absolute atomic E-state index is 5.77. The second-order valence-electron chi connectivity index (χ2n) is 4.10. The van der Waals surface area contributed by atoms with Gasteiger partial charge in [0.1, 0.15) is 17.6 Å². The molecule has 0 saturated heterocycles. The Morgan fingerprint density at radius 1 is 1.29 bits per heavy atom. The summed E-state index contributed by atoms with van der Waals surface area (Å²) in [6.45, 7) is 7.25. The van der Waals surface area contributed by atoms with Gasteiger partial charge in [-0.2, -0.15) is 0 Å². The average molecular weight is 249 g/mol. The van der Waals surface area contributed by atoms with Crippen molar-refractivity contribution in [3.63, 3.8) is 0 Å². The molecule has 2 heterocycles. The standard InChI is InChI=1S/C14H19NOS/c1-4-11-8-9-17-14(11)13(15-5-2)12-7-6-10(3)16-12/h6-9,13,15H,4-5H2,1-3H3. The monoisotopic (exact) mass is 249 g/mol. The van der Waals surface area contributed by atoms with E-state index in [1.807, 2.05) is 13.0 Å². The molecule has 1 unspecified atom stereocenters. The number of aryl methyl sites for hydroxylation is 2. The lowest BCUT2D eigenvalue weighted by Crippen LogP contribution is -2.21. The molecule has 0 amide bonds. The van der Waals surface area contributed by atoms with E-state index in [2.05, 4.69) is 36.7 Å². The molecular formula is C14H19NOS. The zero-order valence-corrected chi connectivity index (χ0v) is 11.4. The van der Waals surface area contributed by atoms with Crippen LogP contribution < -0.4 is 5.32 Å². The van der Waals surface area contributed by atoms with E-state index in [1.165, 1.54) is 10.4 Å². The summed E-state index contributed by atoms with van der Waals surface area (Å²) in [5, 5.41) is 5.67. The number of nitrogens with one attached hydrogen (secondary N) is 1. The zero-order valence-electron chi connectivity index (χ0n) is 10.6. The lowest BCUT2D eigenvalue weighted by Gasteiger charge is -2.15. The van der Waals surface area contributed by atoms with E-state index in [0.717, 1.165) is 24.5 Å². The van der Waals surface area contributed by atoms with Crippen molar-refractivity contribution in [1.29, 1.82) is 0 Å². The number of hydrogen-bond acceptors (Lipinski definition) is 3. The van der Waals surface area contributed by atoms with Gasteiger partial charge in [-0.25, -0.2) is 0 Å². The van der Waals surface area contributed by atoms with Crippen LogP contribution >= 0.6 is 11.3 Å². The first-order valence-corrected chi connectivity index (χ1v) is 7.00. The van der Waals surface area contributed by atoms with Crippen LogP contribution in [0.3, 0.4) is 0 Å². The quantitative estimate of drug-likeness (QED) is 0.869. The van der Waals surface area contributed by atoms with Gasteiger partial charge >= 0.3 is 0 Å². The van der Waals surface area contributed by atoms with E-state index >= 15 is 0 Å². The molecule has 1 atom stereocenters. The summed E-state index contributed by atoms with van der Waals surface area (Å²) in [5.74, 6) is 1.99. The van der Waals surface area contributed by atoms with E-state index in [9.17, 15) is 0 Å². The Labute approximate surface area is 107 Å². The lowest BCUT2D eigenvalue weighted by molar-refractivity contribution is 0.436. The molecule has 2 aromatic heterocycles. The first-order valence-electron chi connectivity index (χ1n) is 6.12. The van der Waals surface area contributed by atoms with Crippen LogP contribution in [0.5, 0.6) is 0 Å². The summed E-state index contributed by atoms with van der Waals surface area (Å²) in [5.41, 5.74) is 1.41. The third-order valence-electron chi connectivity index (χ3n) is 2.88. The van der Waals surface area contributed by atoms with Crippen molar-refractivity contribution < 1.29 is 4.42 Å². The molecular weight excluding hydrogens is 230 g/mol. The molecule has 0 aliphatic rings. The van der Waals surface area contributed by atoms with Crippen LogP contribution in [-0.2, 0) is 6.42 Å². The van der Waals surface area contributed by atoms with Gasteiger partial charge in [-0.15, -0.1) is 11.3 Å². The van der Waals surface area contributed by atoms with Gasteiger partial charge in [0.15, 0.2) is 0 Å². The molecule has 2 rings (SSSR count). The van der Waals surface area contributed by atoms with Crippen molar-refractivity contribution in [2.75, 3.05) is 6.54 Å². The molecule has 0 spiro atoms. The topological polar surface area (TPSA) is 25.2 Å². The molecule has 3 heteroatoms. The van der Waals surface area contributed by atoms with Crippen LogP contribution in [0.15, 0.2) is 28.0 Å². The average Bonchev–Trinajstić information content (AvgIpc) is 2.94. The fourth-order valence-electron chi connectivity index (χ4n) is 2.03. The molecule has 1 N–H and O–H groups in total. The molecule has 17 heavy (non-hydrogen) atoms. The highest BCUT2D eigenvalue weighted by atomic mass is 32.1. The van der Waals surface area contributed by atoms with Crippen LogP contribution in [0.4, 0.5) is 0 Å². The van der Waals surface area contributed by atoms with Crippen LogP contribution in [0.2, 0.25) is 0 Å². The minimum absolute atomic E-state index is 0.198. The highest BCUT2D eigenvalue weighted by Gasteiger charge is 2.20. The maximum atomic E-state index is 5.77. The van der Waals surface area contributed by atoms with Crippen molar-refractivity contribution in [3.8, 4) is 0 Å². The highest BCUT2D eigenvalue weighted by Crippen LogP contribution is 2.31. The van der Waals surface area contributed by atoms with Gasteiger partial charge in [0.2, 0.25) is 0 Å². The minimum atomic E-state index is 0.198. The Morgan fingerprint density at radius 3 is 2.71 bits per heavy atom. The van der Waals surface area contributed by atoms with Crippen LogP contribution in [0.1, 0.15) is 41.9 Å². The normalized spacial score (nSPS) is 12.9. The van der Waals surface area contributed by atoms with Gasteiger partial charge in [0.05, 0.1) is 0 Å². The summed E-state index contributed by atoms with van der Waals surface area (Å²) in [4.78, 5) is 1.38. The molecule has 0 radical (unpaired) electrons. The van der Waals surface area contributed by atoms with Crippen LogP contribution in [0.25, 0.3) is 0 Å². The highest BCUT2D eigenvalue weighted by molar-refractivity contribution is 7.10. The van der Waals surface area contributed by atoms with Crippen LogP contribution in [0, 0.1) is 6.92 Å². The number of furan rings is 1. The van der Waals surface area contributed by atoms with E-state index in [1.54, 1.807) is 11.3 Å². The second-order valence-corrected chi connectivity index (χ2v) is 5.05. The molecule has 2 nitrogen and oxygen atoms in total. The number of thiophene rings is 1. The first kappa shape index (κ1) is 12.4. The van der Waals surface area contributed by atoms with Crippen molar-refractivity contribution >= 4 is 11.3 Å². The summed E-state index contributed by atoms with van der Waals surface area (Å²) in [7, 11) is 0. The molecule has 0 fully saturated rings. The summed E-state index contributed by atoms with van der Waals surface area (Å²) in [6.07, 6.45) is 1.07. The van der Waals surface area contributed by atoms with E-state index < -0.39 is 0 Å². The minimum Gasteiger partial charge on any atom is -0.464 e. The Bertz CT molecular complexity index is 472. The van der Waals surface area contributed by atoms with Crippen molar-refractivity contribution in [2.45, 2.75) is 33.2 Å². The predicted octanol–water partition coefficient (Wildman–Crippen LogP) is 3.91. The zero-order chi connectivity index (χ0) is 12.3. The van der Waals surface area contributed by atoms with E-state index in [4.69, 9.17) is 4.42 Å². The van der Waals surface area contributed by atoms with Crippen molar-refractivity contribution in [1.82, 2.24) is 5.32 Å². The summed E-state index contributed by atoms with van der Waals surface area (Å²) >= 11 is 1.80. The molecule has 0 bridgehead atoms. The Balaban J connectivity index is 2.35. The number of hydrogen-bond donors (Lipinski definition) is 1. The Kier molecular flexibility index (Phi) is 4.02. The van der Waals surface area contributed by atoms with Crippen molar-refractivity contribution in [3.05, 3.63) is 45.5 Å². The second kappa shape index (κ2) is 5.52. The Hall–Kier alpha value is -1.06. The summed E-state index contributed by atoms with van der Waals surface area (Å²) in [6, 6.07) is 6.50. The van der Waals surface area contributed by atoms with E-state index in [0.29, 0.717) is 0 Å². The van der Waals surface area contributed by atoms with Gasteiger partial charge in [-0.1, -0.05) is 13.8 Å². The smallest absolute Gasteiger partial charge is 0.126 e. The van der Waals surface area contributed by atoms with Gasteiger partial charge in [0, 0.05) is 4.88 Å². The van der Waals surface area contributed by atoms with Crippen LogP contribution in [-0.4, -0.2) is 6.54 Å². The van der Waals surface area contributed by atoms with Gasteiger partial charge in [-0.05, 0) is 49.0 Å². The lowest BCUT2D eigenvalue weighted by atomic mass is 10.1. The Morgan fingerprint density at radius 2 is 2.12 bits per heavy atom. The number of rotatable bonds is 5. The molecule has 0 saturated carbocycles.